The third kappa shape index (κ3) is 2.09. The van der Waals surface area contributed by atoms with E-state index in [0.29, 0.717) is 24.1 Å². The van der Waals surface area contributed by atoms with E-state index >= 15 is 0 Å². The Morgan fingerprint density at radius 1 is 1.25 bits per heavy atom. The molecular weight excluding hydrogens is 259 g/mol. The summed E-state index contributed by atoms with van der Waals surface area (Å²) in [6.45, 7) is 2.02. The van der Waals surface area contributed by atoms with Gasteiger partial charge in [-0.1, -0.05) is 19.1 Å². The van der Waals surface area contributed by atoms with Gasteiger partial charge in [0.2, 0.25) is 0 Å². The number of benzene rings is 1. The van der Waals surface area contributed by atoms with E-state index in [1.54, 1.807) is 6.07 Å². The average Bonchev–Trinajstić information content (AvgIpc) is 2.40. The highest BCUT2D eigenvalue weighted by Crippen LogP contribution is 2.36. The number of rotatable bonds is 1. The first-order valence-corrected chi connectivity index (χ1v) is 6.58. The molecule has 1 aromatic carbocycles. The lowest BCUT2D eigenvalue weighted by Gasteiger charge is -2.34. The van der Waals surface area contributed by atoms with Crippen LogP contribution < -0.4 is 11.2 Å². The largest absolute Gasteiger partial charge is 0.325 e. The van der Waals surface area contributed by atoms with Crippen molar-refractivity contribution in [3.63, 3.8) is 0 Å². The number of fused-ring (bicyclic) bond motifs is 1. The van der Waals surface area contributed by atoms with E-state index in [2.05, 4.69) is 9.97 Å². The highest BCUT2D eigenvalue weighted by molar-refractivity contribution is 5.33. The van der Waals surface area contributed by atoms with Crippen molar-refractivity contribution in [3.8, 4) is 0 Å². The minimum absolute atomic E-state index is 0.273. The van der Waals surface area contributed by atoms with Crippen molar-refractivity contribution in [1.82, 2.24) is 9.97 Å². The van der Waals surface area contributed by atoms with Gasteiger partial charge in [-0.3, -0.25) is 9.78 Å². The number of aryl methyl sites for hydroxylation is 1. The maximum Gasteiger partial charge on any atom is 0.325 e. The monoisotopic (exact) mass is 274 g/mol. The second-order valence-corrected chi connectivity index (χ2v) is 5.61. The molecule has 0 bridgehead atoms. The van der Waals surface area contributed by atoms with Crippen molar-refractivity contribution in [1.29, 1.82) is 0 Å². The molecule has 20 heavy (non-hydrogen) atoms. The molecule has 1 atom stereocenters. The van der Waals surface area contributed by atoms with Gasteiger partial charge >= 0.3 is 5.69 Å². The Morgan fingerprint density at radius 3 is 2.80 bits per heavy atom. The van der Waals surface area contributed by atoms with E-state index in [-0.39, 0.29) is 16.8 Å². The molecule has 0 radical (unpaired) electrons. The maximum atomic E-state index is 13.4. The molecule has 0 aliphatic heterocycles. The third-order valence-corrected chi connectivity index (χ3v) is 4.15. The average molecular weight is 274 g/mol. The number of H-pyrrole nitrogens is 2. The lowest BCUT2D eigenvalue weighted by atomic mass is 9.70. The molecule has 0 saturated heterocycles. The summed E-state index contributed by atoms with van der Waals surface area (Å²) in [7, 11) is 0. The SMILES string of the molecule is CC1(c2cccc(F)c2)CCc2[nH]c(=O)[nH]c(=O)c2C1. The fourth-order valence-corrected chi connectivity index (χ4v) is 2.95. The Bertz CT molecular complexity index is 778. The Kier molecular flexibility index (Phi) is 2.85. The van der Waals surface area contributed by atoms with Crippen molar-refractivity contribution in [2.24, 2.45) is 0 Å². The minimum atomic E-state index is -0.469. The Balaban J connectivity index is 2.07. The normalized spacial score (nSPS) is 21.5. The highest BCUT2D eigenvalue weighted by atomic mass is 19.1. The topological polar surface area (TPSA) is 65.7 Å². The van der Waals surface area contributed by atoms with Crippen LogP contribution in [0.2, 0.25) is 0 Å². The number of hydrogen-bond acceptors (Lipinski definition) is 2. The van der Waals surface area contributed by atoms with Gasteiger partial charge in [0.1, 0.15) is 5.82 Å². The van der Waals surface area contributed by atoms with Gasteiger partial charge in [-0.05, 0) is 42.4 Å². The molecular formula is C15H15FN2O2. The lowest BCUT2D eigenvalue weighted by molar-refractivity contribution is 0.398. The van der Waals surface area contributed by atoms with Crippen LogP contribution in [0.3, 0.4) is 0 Å². The molecule has 2 N–H and O–H groups in total. The van der Waals surface area contributed by atoms with E-state index in [0.717, 1.165) is 12.0 Å². The first-order valence-electron chi connectivity index (χ1n) is 6.58. The number of aromatic nitrogens is 2. The van der Waals surface area contributed by atoms with Crippen LogP contribution in [0.15, 0.2) is 33.9 Å². The summed E-state index contributed by atoms with van der Waals surface area (Å²) < 4.78 is 13.4. The van der Waals surface area contributed by atoms with E-state index in [9.17, 15) is 14.0 Å². The van der Waals surface area contributed by atoms with Crippen molar-refractivity contribution >= 4 is 0 Å². The molecule has 5 heteroatoms. The number of aromatic amines is 2. The third-order valence-electron chi connectivity index (χ3n) is 4.15. The highest BCUT2D eigenvalue weighted by Gasteiger charge is 2.33. The van der Waals surface area contributed by atoms with Gasteiger partial charge < -0.3 is 4.98 Å². The molecule has 3 rings (SSSR count). The van der Waals surface area contributed by atoms with Crippen molar-refractivity contribution < 1.29 is 4.39 Å². The molecule has 1 aliphatic carbocycles. The summed E-state index contributed by atoms with van der Waals surface area (Å²) in [5.74, 6) is -0.273. The molecule has 0 amide bonds. The summed E-state index contributed by atoms with van der Waals surface area (Å²) in [6.07, 6.45) is 1.88. The van der Waals surface area contributed by atoms with Gasteiger partial charge in [0, 0.05) is 11.3 Å². The number of nitrogens with one attached hydrogen (secondary N) is 2. The molecule has 2 aromatic rings. The molecule has 1 aliphatic rings. The van der Waals surface area contributed by atoms with Gasteiger partial charge in [-0.15, -0.1) is 0 Å². The van der Waals surface area contributed by atoms with Crippen molar-refractivity contribution in [3.05, 3.63) is 67.7 Å². The standard InChI is InChI=1S/C15H15FN2O2/c1-15(9-3-2-4-10(16)7-9)6-5-12-11(8-15)13(19)18-14(20)17-12/h2-4,7H,5-6,8H2,1H3,(H2,17,18,19,20). The quantitative estimate of drug-likeness (QED) is 0.830. The van der Waals surface area contributed by atoms with Crippen LogP contribution in [0.25, 0.3) is 0 Å². The summed E-state index contributed by atoms with van der Waals surface area (Å²) >= 11 is 0. The molecule has 4 nitrogen and oxygen atoms in total. The molecule has 0 saturated carbocycles. The molecule has 104 valence electrons. The molecule has 0 spiro atoms. The predicted molar refractivity (Wildman–Crippen MR) is 73.5 cm³/mol. The lowest BCUT2D eigenvalue weighted by Crippen LogP contribution is -2.38. The second kappa shape index (κ2) is 4.44. The zero-order valence-corrected chi connectivity index (χ0v) is 11.1. The molecule has 1 heterocycles. The van der Waals surface area contributed by atoms with Gasteiger partial charge in [0.05, 0.1) is 0 Å². The smallest absolute Gasteiger partial charge is 0.311 e. The molecule has 0 fully saturated rings. The van der Waals surface area contributed by atoms with E-state index in [1.165, 1.54) is 12.1 Å². The van der Waals surface area contributed by atoms with Crippen LogP contribution in [0.5, 0.6) is 0 Å². The van der Waals surface area contributed by atoms with Crippen LogP contribution >= 0.6 is 0 Å². The zero-order valence-electron chi connectivity index (χ0n) is 11.1. The van der Waals surface area contributed by atoms with Gasteiger partial charge in [0.15, 0.2) is 0 Å². The Morgan fingerprint density at radius 2 is 2.05 bits per heavy atom. The summed E-state index contributed by atoms with van der Waals surface area (Å²) in [6, 6.07) is 6.50. The van der Waals surface area contributed by atoms with Crippen molar-refractivity contribution in [2.45, 2.75) is 31.6 Å². The van der Waals surface area contributed by atoms with Crippen LogP contribution in [0.1, 0.15) is 30.2 Å². The Hall–Kier alpha value is -2.17. The van der Waals surface area contributed by atoms with E-state index in [1.807, 2.05) is 13.0 Å². The van der Waals surface area contributed by atoms with Crippen LogP contribution in [0.4, 0.5) is 4.39 Å². The van der Waals surface area contributed by atoms with Crippen LogP contribution in [-0.2, 0) is 18.3 Å². The van der Waals surface area contributed by atoms with Crippen LogP contribution in [-0.4, -0.2) is 9.97 Å². The molecule has 1 aromatic heterocycles. The number of hydrogen-bond donors (Lipinski definition) is 2. The summed E-state index contributed by atoms with van der Waals surface area (Å²) in [5, 5.41) is 0. The predicted octanol–water partition coefficient (Wildman–Crippen LogP) is 1.65. The Labute approximate surface area is 114 Å². The second-order valence-electron chi connectivity index (χ2n) is 5.61. The molecule has 1 unspecified atom stereocenters. The fraction of sp³-hybridized carbons (Fsp3) is 0.333. The maximum absolute atomic E-state index is 13.4. The van der Waals surface area contributed by atoms with Crippen LogP contribution in [0, 0.1) is 5.82 Å². The summed E-state index contributed by atoms with van der Waals surface area (Å²) in [4.78, 5) is 28.1. The van der Waals surface area contributed by atoms with Crippen molar-refractivity contribution in [2.75, 3.05) is 0 Å². The first-order chi connectivity index (χ1) is 9.48. The first kappa shape index (κ1) is 12.8. The zero-order chi connectivity index (χ0) is 14.3. The van der Waals surface area contributed by atoms with E-state index < -0.39 is 5.69 Å². The number of halogens is 1. The van der Waals surface area contributed by atoms with Gasteiger partial charge in [-0.2, -0.15) is 0 Å². The fourth-order valence-electron chi connectivity index (χ4n) is 2.95. The minimum Gasteiger partial charge on any atom is -0.311 e. The van der Waals surface area contributed by atoms with Gasteiger partial charge in [-0.25, -0.2) is 9.18 Å². The van der Waals surface area contributed by atoms with Gasteiger partial charge in [0.25, 0.3) is 5.56 Å². The van der Waals surface area contributed by atoms with E-state index in [4.69, 9.17) is 0 Å². The summed E-state index contributed by atoms with van der Waals surface area (Å²) in [5.41, 5.74) is 1.08.